The van der Waals surface area contributed by atoms with Crippen molar-refractivity contribution in [3.8, 4) is 0 Å². The first-order valence-electron chi connectivity index (χ1n) is 11.2. The molecule has 0 aromatic carbocycles. The van der Waals surface area contributed by atoms with Gasteiger partial charge in [0.2, 0.25) is 11.8 Å². The fraction of sp³-hybridized carbons (Fsp3) is 0.682. The highest BCUT2D eigenvalue weighted by molar-refractivity contribution is 5.98. The fourth-order valence-corrected chi connectivity index (χ4v) is 3.47. The van der Waals surface area contributed by atoms with E-state index >= 15 is 0 Å². The van der Waals surface area contributed by atoms with E-state index in [1.165, 1.54) is 13.2 Å². The van der Waals surface area contributed by atoms with Gasteiger partial charge in [0, 0.05) is 13.2 Å². The van der Waals surface area contributed by atoms with Gasteiger partial charge in [0.1, 0.15) is 17.8 Å². The van der Waals surface area contributed by atoms with Crippen molar-refractivity contribution in [2.45, 2.75) is 58.3 Å². The molecule has 1 aliphatic heterocycles. The number of carbonyl (C=O) groups excluding carboxylic acids is 4. The molecule has 1 fully saturated rings. The predicted octanol–water partition coefficient (Wildman–Crippen LogP) is -0.660. The van der Waals surface area contributed by atoms with Crippen LogP contribution in [-0.4, -0.2) is 84.9 Å². The highest BCUT2D eigenvalue weighted by atomic mass is 16.5. The van der Waals surface area contributed by atoms with Crippen LogP contribution in [-0.2, 0) is 23.9 Å². The Hall–Kier alpha value is -2.83. The zero-order valence-electron chi connectivity index (χ0n) is 20.1. The second-order valence-electron chi connectivity index (χ2n) is 8.79. The molecular formula is C22H34N4O8. The topological polar surface area (TPSA) is 169 Å². The second-order valence-corrected chi connectivity index (χ2v) is 8.79. The summed E-state index contributed by atoms with van der Waals surface area (Å²) >= 11 is 0. The van der Waals surface area contributed by atoms with Gasteiger partial charge in [0.05, 0.1) is 37.9 Å². The van der Waals surface area contributed by atoms with Crippen LogP contribution in [0.1, 0.15) is 43.4 Å². The number of ether oxygens (including phenoxy) is 2. The van der Waals surface area contributed by atoms with E-state index in [9.17, 15) is 24.3 Å². The monoisotopic (exact) mass is 482 g/mol. The summed E-state index contributed by atoms with van der Waals surface area (Å²) < 4.78 is 15.1. The molecule has 12 nitrogen and oxygen atoms in total. The maximum Gasteiger partial charge on any atom is 0.274 e. The Bertz CT molecular complexity index is 871. The first-order valence-corrected chi connectivity index (χ1v) is 11.2. The third kappa shape index (κ3) is 7.34. The van der Waals surface area contributed by atoms with Crippen molar-refractivity contribution in [2.24, 2.45) is 11.8 Å². The maximum atomic E-state index is 12.9. The fourth-order valence-electron chi connectivity index (χ4n) is 3.47. The number of ketones is 1. The average Bonchev–Trinajstić information content (AvgIpc) is 3.21. The molecule has 190 valence electrons. The zero-order valence-corrected chi connectivity index (χ0v) is 20.1. The number of hydrogen-bond donors (Lipinski definition) is 4. The molecule has 0 aliphatic carbocycles. The quantitative estimate of drug-likeness (QED) is 0.285. The third-order valence-electron chi connectivity index (χ3n) is 5.47. The Morgan fingerprint density at radius 2 is 1.79 bits per heavy atom. The van der Waals surface area contributed by atoms with Gasteiger partial charge in [0.25, 0.3) is 5.91 Å². The van der Waals surface area contributed by atoms with Crippen LogP contribution in [0.4, 0.5) is 0 Å². The number of aliphatic hydroxyl groups excluding tert-OH is 1. The average molecular weight is 483 g/mol. The van der Waals surface area contributed by atoms with E-state index in [-0.39, 0.29) is 36.0 Å². The van der Waals surface area contributed by atoms with Gasteiger partial charge in [-0.25, -0.2) is 0 Å². The lowest BCUT2D eigenvalue weighted by atomic mass is 9.86. The first kappa shape index (κ1) is 27.4. The van der Waals surface area contributed by atoms with Crippen molar-refractivity contribution in [3.63, 3.8) is 0 Å². The molecule has 1 aliphatic rings. The van der Waals surface area contributed by atoms with E-state index in [0.717, 1.165) is 0 Å². The van der Waals surface area contributed by atoms with Crippen LogP contribution < -0.4 is 16.0 Å². The Morgan fingerprint density at radius 3 is 2.26 bits per heavy atom. The Morgan fingerprint density at radius 1 is 1.15 bits per heavy atom. The standard InChI is InChI=1S/C22H34N4O8/c1-11(2)6-15(19(28)14-9-33-13(14)4)23-21(30)17(8-27)24-22(31)18(10-32-5)25-20(29)16-7-12(3)34-26-16/h7,11,13-15,17-18,27H,6,8-10H2,1-5H3,(H,23,30)(H,24,31)(H,25,29). The van der Waals surface area contributed by atoms with Gasteiger partial charge in [-0.2, -0.15) is 0 Å². The van der Waals surface area contributed by atoms with Gasteiger partial charge >= 0.3 is 0 Å². The van der Waals surface area contributed by atoms with Gasteiger partial charge in [-0.15, -0.1) is 0 Å². The van der Waals surface area contributed by atoms with Crippen LogP contribution in [0, 0.1) is 18.8 Å². The molecular weight excluding hydrogens is 448 g/mol. The molecule has 1 aromatic heterocycles. The lowest BCUT2D eigenvalue weighted by Gasteiger charge is -2.36. The Balaban J connectivity index is 2.04. The van der Waals surface area contributed by atoms with Crippen molar-refractivity contribution < 1.29 is 38.3 Å². The van der Waals surface area contributed by atoms with Gasteiger partial charge in [-0.05, 0) is 26.2 Å². The number of rotatable bonds is 13. The van der Waals surface area contributed by atoms with Crippen molar-refractivity contribution in [2.75, 3.05) is 26.9 Å². The number of aliphatic hydroxyl groups is 1. The van der Waals surface area contributed by atoms with Gasteiger partial charge < -0.3 is 35.1 Å². The number of amides is 3. The van der Waals surface area contributed by atoms with E-state index in [1.54, 1.807) is 13.8 Å². The summed E-state index contributed by atoms with van der Waals surface area (Å²) in [5.74, 6) is -2.05. The smallest absolute Gasteiger partial charge is 0.274 e. The number of aryl methyl sites for hydroxylation is 1. The molecule has 0 spiro atoms. The molecule has 5 unspecified atom stereocenters. The zero-order chi connectivity index (χ0) is 25.4. The van der Waals surface area contributed by atoms with E-state index < -0.39 is 42.5 Å². The summed E-state index contributed by atoms with van der Waals surface area (Å²) in [6.07, 6.45) is 0.179. The summed E-state index contributed by atoms with van der Waals surface area (Å²) in [4.78, 5) is 50.8. The highest BCUT2D eigenvalue weighted by Crippen LogP contribution is 2.23. The normalized spacial score (nSPS) is 20.1. The SMILES string of the molecule is COCC(NC(=O)c1cc(C)on1)C(=O)NC(CO)C(=O)NC(CC(C)C)C(=O)C1COC1C. The molecule has 2 heterocycles. The summed E-state index contributed by atoms with van der Waals surface area (Å²) in [5.41, 5.74) is -0.0212. The van der Waals surface area contributed by atoms with Crippen LogP contribution in [0.2, 0.25) is 0 Å². The molecule has 4 N–H and O–H groups in total. The number of nitrogens with one attached hydrogen (secondary N) is 3. The summed E-state index contributed by atoms with van der Waals surface area (Å²) in [6.45, 7) is 6.65. The van der Waals surface area contributed by atoms with E-state index in [2.05, 4.69) is 21.1 Å². The molecule has 1 aromatic rings. The van der Waals surface area contributed by atoms with E-state index in [1.807, 2.05) is 13.8 Å². The van der Waals surface area contributed by atoms with Gasteiger partial charge in [-0.3, -0.25) is 19.2 Å². The minimum absolute atomic E-state index is 0.0212. The molecule has 1 saturated heterocycles. The number of Topliss-reactive ketones (excluding diaryl/α,β-unsaturated/α-hetero) is 1. The van der Waals surface area contributed by atoms with Crippen LogP contribution in [0.3, 0.4) is 0 Å². The van der Waals surface area contributed by atoms with E-state index in [4.69, 9.17) is 14.0 Å². The molecule has 34 heavy (non-hydrogen) atoms. The second kappa shape index (κ2) is 12.6. The number of hydrogen-bond acceptors (Lipinski definition) is 9. The van der Waals surface area contributed by atoms with Crippen molar-refractivity contribution in [1.82, 2.24) is 21.1 Å². The number of nitrogens with zero attached hydrogens (tertiary/aromatic N) is 1. The summed E-state index contributed by atoms with van der Waals surface area (Å²) in [6, 6.07) is -1.88. The van der Waals surface area contributed by atoms with E-state index in [0.29, 0.717) is 18.8 Å². The lowest BCUT2D eigenvalue weighted by molar-refractivity contribution is -0.154. The summed E-state index contributed by atoms with van der Waals surface area (Å²) in [5, 5.41) is 20.8. The molecule has 5 atom stereocenters. The van der Waals surface area contributed by atoms with Crippen molar-refractivity contribution >= 4 is 23.5 Å². The number of methoxy groups -OCH3 is 1. The molecule has 0 bridgehead atoms. The highest BCUT2D eigenvalue weighted by Gasteiger charge is 2.39. The minimum atomic E-state index is -1.34. The predicted molar refractivity (Wildman–Crippen MR) is 119 cm³/mol. The molecule has 12 heteroatoms. The van der Waals surface area contributed by atoms with Crippen molar-refractivity contribution in [3.05, 3.63) is 17.5 Å². The molecule has 3 amide bonds. The van der Waals surface area contributed by atoms with Gasteiger partial charge in [-0.1, -0.05) is 19.0 Å². The summed E-state index contributed by atoms with van der Waals surface area (Å²) in [7, 11) is 1.34. The van der Waals surface area contributed by atoms with Gasteiger partial charge in [0.15, 0.2) is 11.5 Å². The minimum Gasteiger partial charge on any atom is -0.394 e. The molecule has 2 rings (SSSR count). The van der Waals surface area contributed by atoms with Crippen LogP contribution >= 0.6 is 0 Å². The third-order valence-corrected chi connectivity index (χ3v) is 5.47. The molecule has 0 radical (unpaired) electrons. The first-order chi connectivity index (χ1) is 16.1. The number of carbonyl (C=O) groups is 4. The van der Waals surface area contributed by atoms with Crippen LogP contribution in [0.15, 0.2) is 10.6 Å². The van der Waals surface area contributed by atoms with Crippen LogP contribution in [0.5, 0.6) is 0 Å². The largest absolute Gasteiger partial charge is 0.394 e. The van der Waals surface area contributed by atoms with Crippen molar-refractivity contribution in [1.29, 1.82) is 0 Å². The maximum absolute atomic E-state index is 12.9. The lowest BCUT2D eigenvalue weighted by Crippen LogP contribution is -2.59. The molecule has 0 saturated carbocycles. The Kier molecular flexibility index (Phi) is 10.1. The van der Waals surface area contributed by atoms with Crippen LogP contribution in [0.25, 0.3) is 0 Å². The Labute approximate surface area is 198 Å². The number of aromatic nitrogens is 1.